The SMILES string of the molecule is CC(=O)Nc1cc(NC(=O)c2cn(-c3ccccc3)nc2-c2cccc(C)c2)ccc1F. The van der Waals surface area contributed by atoms with Crippen molar-refractivity contribution in [1.29, 1.82) is 0 Å². The number of aryl methyl sites for hydroxylation is 1. The number of anilines is 2. The fourth-order valence-corrected chi connectivity index (χ4v) is 3.35. The number of benzene rings is 3. The van der Waals surface area contributed by atoms with Gasteiger partial charge in [-0.05, 0) is 43.3 Å². The molecule has 0 spiro atoms. The van der Waals surface area contributed by atoms with Crippen molar-refractivity contribution in [2.45, 2.75) is 13.8 Å². The molecule has 2 N–H and O–H groups in total. The number of nitrogens with one attached hydrogen (secondary N) is 2. The molecule has 0 fully saturated rings. The molecule has 0 unspecified atom stereocenters. The molecule has 0 atom stereocenters. The highest BCUT2D eigenvalue weighted by Gasteiger charge is 2.19. The third kappa shape index (κ3) is 4.57. The summed E-state index contributed by atoms with van der Waals surface area (Å²) in [5, 5.41) is 9.86. The van der Waals surface area contributed by atoms with E-state index < -0.39 is 17.6 Å². The van der Waals surface area contributed by atoms with Crippen LogP contribution in [0, 0.1) is 12.7 Å². The smallest absolute Gasteiger partial charge is 0.259 e. The van der Waals surface area contributed by atoms with Crippen LogP contribution in [0.3, 0.4) is 0 Å². The molecule has 0 aliphatic carbocycles. The summed E-state index contributed by atoms with van der Waals surface area (Å²) in [4.78, 5) is 24.5. The van der Waals surface area contributed by atoms with Gasteiger partial charge in [-0.15, -0.1) is 0 Å². The highest BCUT2D eigenvalue weighted by Crippen LogP contribution is 2.26. The number of para-hydroxylation sites is 1. The monoisotopic (exact) mass is 428 g/mol. The average molecular weight is 428 g/mol. The number of rotatable bonds is 5. The van der Waals surface area contributed by atoms with Gasteiger partial charge in [0.25, 0.3) is 5.91 Å². The number of nitrogens with zero attached hydrogens (tertiary/aromatic N) is 2. The first-order chi connectivity index (χ1) is 15.4. The van der Waals surface area contributed by atoms with Crippen molar-refractivity contribution in [2.75, 3.05) is 10.6 Å². The van der Waals surface area contributed by atoms with E-state index in [1.165, 1.54) is 25.1 Å². The highest BCUT2D eigenvalue weighted by molar-refractivity contribution is 6.08. The molecule has 3 aromatic carbocycles. The van der Waals surface area contributed by atoms with E-state index in [0.29, 0.717) is 16.9 Å². The van der Waals surface area contributed by atoms with E-state index in [1.807, 2.05) is 61.5 Å². The van der Waals surface area contributed by atoms with E-state index in [0.717, 1.165) is 16.8 Å². The molecule has 160 valence electrons. The molecule has 0 aliphatic rings. The summed E-state index contributed by atoms with van der Waals surface area (Å²) in [5.41, 5.74) is 3.90. The van der Waals surface area contributed by atoms with E-state index in [-0.39, 0.29) is 5.69 Å². The van der Waals surface area contributed by atoms with Crippen molar-refractivity contribution in [1.82, 2.24) is 9.78 Å². The van der Waals surface area contributed by atoms with Crippen LogP contribution in [0.15, 0.2) is 79.0 Å². The second kappa shape index (κ2) is 8.85. The first-order valence-corrected chi connectivity index (χ1v) is 10.0. The predicted molar refractivity (Wildman–Crippen MR) is 122 cm³/mol. The van der Waals surface area contributed by atoms with Crippen LogP contribution < -0.4 is 10.6 Å². The molecule has 0 radical (unpaired) electrons. The Morgan fingerprint density at radius 2 is 1.72 bits per heavy atom. The van der Waals surface area contributed by atoms with Crippen molar-refractivity contribution < 1.29 is 14.0 Å². The van der Waals surface area contributed by atoms with E-state index in [2.05, 4.69) is 15.7 Å². The largest absolute Gasteiger partial charge is 0.324 e. The minimum absolute atomic E-state index is 0.00538. The Bertz CT molecular complexity index is 1300. The third-order valence-corrected chi connectivity index (χ3v) is 4.81. The summed E-state index contributed by atoms with van der Waals surface area (Å²) >= 11 is 0. The molecule has 0 aliphatic heterocycles. The lowest BCUT2D eigenvalue weighted by Crippen LogP contribution is -2.13. The zero-order chi connectivity index (χ0) is 22.7. The Kier molecular flexibility index (Phi) is 5.81. The number of halogens is 1. The van der Waals surface area contributed by atoms with E-state index in [4.69, 9.17) is 0 Å². The van der Waals surface area contributed by atoms with Crippen molar-refractivity contribution >= 4 is 23.2 Å². The molecule has 4 rings (SSSR count). The Morgan fingerprint density at radius 1 is 0.938 bits per heavy atom. The van der Waals surface area contributed by atoms with Gasteiger partial charge in [0.1, 0.15) is 11.5 Å². The van der Waals surface area contributed by atoms with Gasteiger partial charge >= 0.3 is 0 Å². The second-order valence-electron chi connectivity index (χ2n) is 7.37. The molecule has 6 nitrogen and oxygen atoms in total. The van der Waals surface area contributed by atoms with Crippen LogP contribution in [0.25, 0.3) is 16.9 Å². The van der Waals surface area contributed by atoms with Crippen molar-refractivity contribution in [3.8, 4) is 16.9 Å². The first-order valence-electron chi connectivity index (χ1n) is 10.0. The minimum Gasteiger partial charge on any atom is -0.324 e. The Hall–Kier alpha value is -4.26. The maximum Gasteiger partial charge on any atom is 0.259 e. The Balaban J connectivity index is 1.73. The first kappa shape index (κ1) is 21.0. The fourth-order valence-electron chi connectivity index (χ4n) is 3.35. The van der Waals surface area contributed by atoms with Gasteiger partial charge in [0.15, 0.2) is 0 Å². The molecule has 1 heterocycles. The van der Waals surface area contributed by atoms with E-state index in [9.17, 15) is 14.0 Å². The van der Waals surface area contributed by atoms with Crippen molar-refractivity contribution in [3.05, 3.63) is 95.9 Å². The summed E-state index contributed by atoms with van der Waals surface area (Å²) in [6.07, 6.45) is 1.67. The number of hydrogen-bond donors (Lipinski definition) is 2. The Labute approximate surface area is 184 Å². The summed E-state index contributed by atoms with van der Waals surface area (Å²) in [5.74, 6) is -1.39. The van der Waals surface area contributed by atoms with Gasteiger partial charge in [-0.3, -0.25) is 9.59 Å². The molecular formula is C25H21FN4O2. The van der Waals surface area contributed by atoms with Gasteiger partial charge < -0.3 is 10.6 Å². The number of aromatic nitrogens is 2. The Morgan fingerprint density at radius 3 is 2.44 bits per heavy atom. The van der Waals surface area contributed by atoms with Crippen LogP contribution in [0.2, 0.25) is 0 Å². The van der Waals surface area contributed by atoms with Gasteiger partial charge in [-0.2, -0.15) is 5.10 Å². The maximum absolute atomic E-state index is 14.0. The third-order valence-electron chi connectivity index (χ3n) is 4.81. The van der Waals surface area contributed by atoms with Gasteiger partial charge in [-0.1, -0.05) is 42.0 Å². The number of hydrogen-bond acceptors (Lipinski definition) is 3. The van der Waals surface area contributed by atoms with E-state index in [1.54, 1.807) is 10.9 Å². The molecule has 7 heteroatoms. The van der Waals surface area contributed by atoms with E-state index >= 15 is 0 Å². The molecule has 0 bridgehead atoms. The lowest BCUT2D eigenvalue weighted by atomic mass is 10.1. The number of amides is 2. The van der Waals surface area contributed by atoms with Crippen LogP contribution >= 0.6 is 0 Å². The van der Waals surface area contributed by atoms with Crippen LogP contribution in [-0.2, 0) is 4.79 Å². The van der Waals surface area contributed by atoms with Crippen molar-refractivity contribution in [3.63, 3.8) is 0 Å². The van der Waals surface area contributed by atoms with Crippen LogP contribution in [-0.4, -0.2) is 21.6 Å². The van der Waals surface area contributed by atoms with Crippen LogP contribution in [0.1, 0.15) is 22.8 Å². The summed E-state index contributed by atoms with van der Waals surface area (Å²) in [6, 6.07) is 21.2. The zero-order valence-corrected chi connectivity index (χ0v) is 17.6. The topological polar surface area (TPSA) is 76.0 Å². The van der Waals surface area contributed by atoms with Gasteiger partial charge in [-0.25, -0.2) is 9.07 Å². The lowest BCUT2D eigenvalue weighted by Gasteiger charge is -2.09. The van der Waals surface area contributed by atoms with Gasteiger partial charge in [0.2, 0.25) is 5.91 Å². The van der Waals surface area contributed by atoms with Gasteiger partial charge in [0, 0.05) is 24.4 Å². The molecule has 0 saturated carbocycles. The summed E-state index contributed by atoms with van der Waals surface area (Å²) in [7, 11) is 0. The average Bonchev–Trinajstić information content (AvgIpc) is 3.22. The maximum atomic E-state index is 14.0. The second-order valence-corrected chi connectivity index (χ2v) is 7.37. The zero-order valence-electron chi connectivity index (χ0n) is 17.6. The van der Waals surface area contributed by atoms with Gasteiger partial charge in [0.05, 0.1) is 16.9 Å². The van der Waals surface area contributed by atoms with Crippen LogP contribution in [0.4, 0.5) is 15.8 Å². The normalized spacial score (nSPS) is 10.6. The lowest BCUT2D eigenvalue weighted by molar-refractivity contribution is -0.114. The summed E-state index contributed by atoms with van der Waals surface area (Å²) in [6.45, 7) is 3.26. The molecule has 2 amide bonds. The predicted octanol–water partition coefficient (Wildman–Crippen LogP) is 5.20. The number of carbonyl (C=O) groups excluding carboxylic acids is 2. The molecule has 32 heavy (non-hydrogen) atoms. The number of carbonyl (C=O) groups is 2. The standard InChI is InChI=1S/C25H21FN4O2/c1-16-7-6-8-18(13-16)24-21(15-30(29-24)20-9-4-3-5-10-20)25(32)28-19-11-12-22(26)23(14-19)27-17(2)31/h3-15H,1-2H3,(H,27,31)(H,28,32). The fraction of sp³-hybridized carbons (Fsp3) is 0.0800. The quantitative estimate of drug-likeness (QED) is 0.459. The molecule has 0 saturated heterocycles. The minimum atomic E-state index is -0.587. The highest BCUT2D eigenvalue weighted by atomic mass is 19.1. The molecule has 4 aromatic rings. The van der Waals surface area contributed by atoms with Crippen molar-refractivity contribution in [2.24, 2.45) is 0 Å². The van der Waals surface area contributed by atoms with Crippen LogP contribution in [0.5, 0.6) is 0 Å². The molecular weight excluding hydrogens is 407 g/mol. The molecule has 1 aromatic heterocycles. The summed E-state index contributed by atoms with van der Waals surface area (Å²) < 4.78 is 15.6.